The summed E-state index contributed by atoms with van der Waals surface area (Å²) < 4.78 is 0. The van der Waals surface area contributed by atoms with E-state index in [1.54, 1.807) is 0 Å². The molecule has 3 nitrogen and oxygen atoms in total. The minimum absolute atomic E-state index is 0. The smallest absolute Gasteiger partial charge is 0.252 e. The van der Waals surface area contributed by atoms with Gasteiger partial charge in [0.05, 0.1) is 5.54 Å². The Kier molecular flexibility index (Phi) is 4.99. The van der Waals surface area contributed by atoms with E-state index in [0.29, 0.717) is 12.5 Å². The second kappa shape index (κ2) is 5.93. The van der Waals surface area contributed by atoms with E-state index in [4.69, 9.17) is 5.73 Å². The molecule has 1 aliphatic rings. The van der Waals surface area contributed by atoms with Gasteiger partial charge in [0.25, 0.3) is 5.91 Å². The van der Waals surface area contributed by atoms with Crippen LogP contribution >= 0.6 is 12.4 Å². The van der Waals surface area contributed by atoms with E-state index in [1.165, 1.54) is 12.8 Å². The van der Waals surface area contributed by atoms with Crippen LogP contribution in [0.5, 0.6) is 0 Å². The van der Waals surface area contributed by atoms with Gasteiger partial charge in [-0.15, -0.1) is 12.4 Å². The van der Waals surface area contributed by atoms with Crippen LogP contribution in [0.15, 0.2) is 18.2 Å². The third-order valence-electron chi connectivity index (χ3n) is 4.15. The van der Waals surface area contributed by atoms with Gasteiger partial charge in [-0.1, -0.05) is 12.1 Å². The molecule has 4 heteroatoms. The molecule has 1 fully saturated rings. The molecule has 1 atom stereocenters. The predicted octanol–water partition coefficient (Wildman–Crippen LogP) is 2.58. The average molecular weight is 283 g/mol. The molecule has 2 rings (SSSR count). The number of halogens is 1. The number of benzene rings is 1. The van der Waals surface area contributed by atoms with E-state index in [9.17, 15) is 4.79 Å². The number of hydrogen-bond acceptors (Lipinski definition) is 2. The number of rotatable bonds is 4. The summed E-state index contributed by atoms with van der Waals surface area (Å²) in [4.78, 5) is 12.4. The number of hydrogen-bond donors (Lipinski definition) is 2. The fraction of sp³-hybridized carbons (Fsp3) is 0.533. The van der Waals surface area contributed by atoms with Crippen molar-refractivity contribution in [2.24, 2.45) is 11.7 Å². The van der Waals surface area contributed by atoms with Crippen LogP contribution in [-0.4, -0.2) is 18.0 Å². The summed E-state index contributed by atoms with van der Waals surface area (Å²) in [5.74, 6) is 0.535. The quantitative estimate of drug-likeness (QED) is 0.892. The van der Waals surface area contributed by atoms with Crippen LogP contribution in [0.4, 0.5) is 0 Å². The Hall–Kier alpha value is -1.06. The van der Waals surface area contributed by atoms with Crippen molar-refractivity contribution in [2.45, 2.75) is 39.2 Å². The van der Waals surface area contributed by atoms with Gasteiger partial charge in [0.2, 0.25) is 0 Å². The molecule has 0 heterocycles. The highest BCUT2D eigenvalue weighted by Crippen LogP contribution is 2.39. The molecule has 1 aromatic carbocycles. The summed E-state index contributed by atoms with van der Waals surface area (Å²) in [7, 11) is 0. The van der Waals surface area contributed by atoms with E-state index in [0.717, 1.165) is 16.7 Å². The molecule has 0 radical (unpaired) electrons. The first kappa shape index (κ1) is 16.0. The lowest BCUT2D eigenvalue weighted by molar-refractivity contribution is 0.0897. The maximum atomic E-state index is 12.4. The standard InChI is InChI=1S/C15H22N2O.ClH/c1-10-5-4-6-13(11(10)2)14(18)17-15(3,9-16)12-7-8-12;/h4-6,12H,7-9,16H2,1-3H3,(H,17,18);1H. The monoisotopic (exact) mass is 282 g/mol. The Morgan fingerprint density at radius 2 is 2.05 bits per heavy atom. The molecule has 1 saturated carbocycles. The lowest BCUT2D eigenvalue weighted by atomic mass is 9.94. The highest BCUT2D eigenvalue weighted by atomic mass is 35.5. The molecule has 106 valence electrons. The molecule has 0 saturated heterocycles. The molecule has 3 N–H and O–H groups in total. The van der Waals surface area contributed by atoms with Gasteiger partial charge >= 0.3 is 0 Å². The molecule has 1 amide bonds. The minimum atomic E-state index is -0.257. The lowest BCUT2D eigenvalue weighted by Gasteiger charge is -2.30. The Bertz CT molecular complexity index is 471. The van der Waals surface area contributed by atoms with E-state index < -0.39 is 0 Å². The molecule has 19 heavy (non-hydrogen) atoms. The maximum absolute atomic E-state index is 12.4. The Morgan fingerprint density at radius 3 is 2.58 bits per heavy atom. The van der Waals surface area contributed by atoms with Crippen LogP contribution in [0, 0.1) is 19.8 Å². The largest absolute Gasteiger partial charge is 0.345 e. The highest BCUT2D eigenvalue weighted by Gasteiger charge is 2.41. The van der Waals surface area contributed by atoms with Gasteiger partial charge in [-0.3, -0.25) is 4.79 Å². The summed E-state index contributed by atoms with van der Waals surface area (Å²) in [5.41, 5.74) is 8.52. The van der Waals surface area contributed by atoms with Crippen molar-refractivity contribution in [3.63, 3.8) is 0 Å². The van der Waals surface area contributed by atoms with E-state index in [2.05, 4.69) is 5.32 Å². The van der Waals surface area contributed by atoms with Crippen LogP contribution in [-0.2, 0) is 0 Å². The van der Waals surface area contributed by atoms with Gasteiger partial charge < -0.3 is 11.1 Å². The van der Waals surface area contributed by atoms with Gasteiger partial charge in [0.1, 0.15) is 0 Å². The van der Waals surface area contributed by atoms with Gasteiger partial charge in [-0.25, -0.2) is 0 Å². The predicted molar refractivity (Wildman–Crippen MR) is 80.8 cm³/mol. The third-order valence-corrected chi connectivity index (χ3v) is 4.15. The van der Waals surface area contributed by atoms with Crippen LogP contribution in [0.25, 0.3) is 0 Å². The van der Waals surface area contributed by atoms with Crippen molar-refractivity contribution in [1.82, 2.24) is 5.32 Å². The van der Waals surface area contributed by atoms with Crippen molar-refractivity contribution in [1.29, 1.82) is 0 Å². The van der Waals surface area contributed by atoms with E-state index in [-0.39, 0.29) is 23.9 Å². The summed E-state index contributed by atoms with van der Waals surface area (Å²) in [6, 6.07) is 5.82. The molecule has 0 spiro atoms. The lowest BCUT2D eigenvalue weighted by Crippen LogP contribution is -2.53. The second-order valence-electron chi connectivity index (χ2n) is 5.60. The zero-order valence-corrected chi connectivity index (χ0v) is 12.6. The number of carbonyl (C=O) groups excluding carboxylic acids is 1. The number of nitrogens with two attached hydrogens (primary N) is 1. The Balaban J connectivity index is 0.00000180. The zero-order valence-electron chi connectivity index (χ0n) is 11.8. The molecular formula is C15H23ClN2O. The van der Waals surface area contributed by atoms with Crippen molar-refractivity contribution in [3.05, 3.63) is 34.9 Å². The molecule has 0 bridgehead atoms. The van der Waals surface area contributed by atoms with Crippen molar-refractivity contribution >= 4 is 18.3 Å². The van der Waals surface area contributed by atoms with Crippen LogP contribution < -0.4 is 11.1 Å². The topological polar surface area (TPSA) is 55.1 Å². The molecule has 0 aliphatic heterocycles. The van der Waals surface area contributed by atoms with Crippen molar-refractivity contribution in [2.75, 3.05) is 6.54 Å². The second-order valence-corrected chi connectivity index (χ2v) is 5.60. The molecule has 0 aromatic heterocycles. The number of nitrogens with one attached hydrogen (secondary N) is 1. The van der Waals surface area contributed by atoms with Gasteiger partial charge in [0.15, 0.2) is 0 Å². The van der Waals surface area contributed by atoms with E-state index >= 15 is 0 Å². The highest BCUT2D eigenvalue weighted by molar-refractivity contribution is 5.96. The minimum Gasteiger partial charge on any atom is -0.345 e. The first-order chi connectivity index (χ1) is 8.48. The van der Waals surface area contributed by atoms with Crippen molar-refractivity contribution in [3.8, 4) is 0 Å². The Morgan fingerprint density at radius 1 is 1.42 bits per heavy atom. The SMILES string of the molecule is Cc1cccc(C(=O)NC(C)(CN)C2CC2)c1C.Cl. The molecule has 1 aromatic rings. The zero-order chi connectivity index (χ0) is 13.3. The molecule has 1 aliphatic carbocycles. The van der Waals surface area contributed by atoms with Crippen LogP contribution in [0.3, 0.4) is 0 Å². The van der Waals surface area contributed by atoms with Crippen molar-refractivity contribution < 1.29 is 4.79 Å². The summed E-state index contributed by atoms with van der Waals surface area (Å²) >= 11 is 0. The number of amides is 1. The van der Waals surface area contributed by atoms with Gasteiger partial charge in [0, 0.05) is 12.1 Å². The van der Waals surface area contributed by atoms with Crippen LogP contribution in [0.1, 0.15) is 41.3 Å². The molecule has 1 unspecified atom stereocenters. The summed E-state index contributed by atoms with van der Waals surface area (Å²) in [6.07, 6.45) is 2.33. The Labute approximate surface area is 121 Å². The fourth-order valence-electron chi connectivity index (χ4n) is 2.36. The van der Waals surface area contributed by atoms with Crippen LogP contribution in [0.2, 0.25) is 0 Å². The van der Waals surface area contributed by atoms with Gasteiger partial charge in [-0.05, 0) is 56.7 Å². The number of aryl methyl sites for hydroxylation is 1. The fourth-order valence-corrected chi connectivity index (χ4v) is 2.36. The first-order valence-corrected chi connectivity index (χ1v) is 6.57. The third kappa shape index (κ3) is 3.28. The normalized spacial score (nSPS) is 17.3. The average Bonchev–Trinajstić information content (AvgIpc) is 3.16. The summed E-state index contributed by atoms with van der Waals surface area (Å²) in [5, 5.41) is 3.13. The maximum Gasteiger partial charge on any atom is 0.252 e. The van der Waals surface area contributed by atoms with Gasteiger partial charge in [-0.2, -0.15) is 0 Å². The van der Waals surface area contributed by atoms with E-state index in [1.807, 2.05) is 39.0 Å². The molecular weight excluding hydrogens is 260 g/mol. The summed E-state index contributed by atoms with van der Waals surface area (Å²) in [6.45, 7) is 6.55. The number of carbonyl (C=O) groups is 1. The first-order valence-electron chi connectivity index (χ1n) is 6.57.